The van der Waals surface area contributed by atoms with Crippen molar-refractivity contribution in [2.75, 3.05) is 7.11 Å². The van der Waals surface area contributed by atoms with Crippen LogP contribution in [-0.4, -0.2) is 18.0 Å². The van der Waals surface area contributed by atoms with Crippen LogP contribution in [0.15, 0.2) is 29.2 Å². The van der Waals surface area contributed by atoms with Gasteiger partial charge in [0.15, 0.2) is 5.75 Å². The van der Waals surface area contributed by atoms with E-state index in [-0.39, 0.29) is 12.1 Å². The van der Waals surface area contributed by atoms with Crippen molar-refractivity contribution in [2.24, 2.45) is 0 Å². The molecule has 0 aliphatic rings. The summed E-state index contributed by atoms with van der Waals surface area (Å²) in [5.41, 5.74) is 0.351. The Morgan fingerprint density at radius 1 is 1.53 bits per heavy atom. The monoisotopic (exact) mass is 234 g/mol. The lowest BCUT2D eigenvalue weighted by atomic mass is 10.3. The highest BCUT2D eigenvalue weighted by Gasteiger charge is 2.12. The third-order valence-electron chi connectivity index (χ3n) is 2.46. The van der Waals surface area contributed by atoms with Gasteiger partial charge in [0.1, 0.15) is 11.8 Å². The van der Waals surface area contributed by atoms with E-state index in [4.69, 9.17) is 4.74 Å². The van der Waals surface area contributed by atoms with Gasteiger partial charge in [-0.1, -0.05) is 0 Å². The van der Waals surface area contributed by atoms with Crippen molar-refractivity contribution in [1.29, 1.82) is 0 Å². The third kappa shape index (κ3) is 1.84. The summed E-state index contributed by atoms with van der Waals surface area (Å²) < 4.78 is 6.78. The van der Waals surface area contributed by atoms with Crippen LogP contribution >= 0.6 is 0 Å². The molecule has 2 rings (SSSR count). The van der Waals surface area contributed by atoms with Gasteiger partial charge >= 0.3 is 0 Å². The SMILES string of the molecule is COc1cc2c(ccc(=O)n2CC=O)[n+]([O-])c1. The summed E-state index contributed by atoms with van der Waals surface area (Å²) in [5.74, 6) is 0.331. The minimum absolute atomic E-state index is 0.0939. The molecule has 0 aromatic carbocycles. The molecule has 2 heterocycles. The van der Waals surface area contributed by atoms with E-state index in [1.165, 1.54) is 30.0 Å². The Hall–Kier alpha value is -2.37. The normalized spacial score (nSPS) is 10.4. The Bertz CT molecular complexity index is 633. The van der Waals surface area contributed by atoms with Gasteiger partial charge in [-0.3, -0.25) is 9.36 Å². The maximum atomic E-state index is 11.7. The van der Waals surface area contributed by atoms with Crippen molar-refractivity contribution in [3.8, 4) is 5.75 Å². The molecule has 0 fully saturated rings. The average molecular weight is 234 g/mol. The van der Waals surface area contributed by atoms with Crippen LogP contribution in [0.25, 0.3) is 11.0 Å². The van der Waals surface area contributed by atoms with Crippen molar-refractivity contribution in [1.82, 2.24) is 4.57 Å². The van der Waals surface area contributed by atoms with E-state index in [9.17, 15) is 14.8 Å². The first kappa shape index (κ1) is 11.1. The average Bonchev–Trinajstić information content (AvgIpc) is 2.32. The molecule has 0 amide bonds. The van der Waals surface area contributed by atoms with Crippen molar-refractivity contribution < 1.29 is 14.3 Å². The number of methoxy groups -OCH3 is 1. The summed E-state index contributed by atoms with van der Waals surface area (Å²) in [6.07, 6.45) is 1.87. The summed E-state index contributed by atoms with van der Waals surface area (Å²) in [7, 11) is 1.42. The van der Waals surface area contributed by atoms with Crippen LogP contribution in [0, 0.1) is 5.21 Å². The Kier molecular flexibility index (Phi) is 2.78. The maximum absolute atomic E-state index is 11.7. The van der Waals surface area contributed by atoms with Crippen LogP contribution in [0.5, 0.6) is 5.75 Å². The van der Waals surface area contributed by atoms with Crippen LogP contribution in [0.2, 0.25) is 0 Å². The molecular formula is C11H10N2O4. The van der Waals surface area contributed by atoms with Gasteiger partial charge < -0.3 is 14.7 Å². The number of aromatic nitrogens is 2. The number of pyridine rings is 2. The van der Waals surface area contributed by atoms with Crippen LogP contribution in [0.4, 0.5) is 0 Å². The Morgan fingerprint density at radius 2 is 2.29 bits per heavy atom. The highest BCUT2D eigenvalue weighted by molar-refractivity contribution is 5.73. The third-order valence-corrected chi connectivity index (χ3v) is 2.46. The molecule has 2 aromatic heterocycles. The van der Waals surface area contributed by atoms with Crippen LogP contribution < -0.4 is 15.0 Å². The highest BCUT2D eigenvalue weighted by atomic mass is 16.5. The molecule has 0 spiro atoms. The fourth-order valence-electron chi connectivity index (χ4n) is 1.65. The van der Waals surface area contributed by atoms with Gasteiger partial charge in [-0.2, -0.15) is 4.73 Å². The minimum Gasteiger partial charge on any atom is -0.618 e. The van der Waals surface area contributed by atoms with E-state index < -0.39 is 0 Å². The molecule has 0 unspecified atom stereocenters. The zero-order valence-corrected chi connectivity index (χ0v) is 9.12. The zero-order valence-electron chi connectivity index (χ0n) is 9.12. The molecule has 6 nitrogen and oxygen atoms in total. The Balaban J connectivity index is 2.86. The molecular weight excluding hydrogens is 224 g/mol. The van der Waals surface area contributed by atoms with Gasteiger partial charge in [0, 0.05) is 18.2 Å². The number of fused-ring (bicyclic) bond motifs is 1. The molecule has 0 saturated heterocycles. The predicted octanol–water partition coefficient (Wildman–Crippen LogP) is -0.158. The number of rotatable bonds is 3. The van der Waals surface area contributed by atoms with E-state index in [1.807, 2.05) is 0 Å². The van der Waals surface area contributed by atoms with Gasteiger partial charge in [0.2, 0.25) is 11.7 Å². The number of hydrogen-bond acceptors (Lipinski definition) is 4. The number of ether oxygens (including phenoxy) is 1. The van der Waals surface area contributed by atoms with E-state index >= 15 is 0 Å². The van der Waals surface area contributed by atoms with Crippen LogP contribution in [0.3, 0.4) is 0 Å². The van der Waals surface area contributed by atoms with E-state index in [0.29, 0.717) is 27.8 Å². The smallest absolute Gasteiger partial charge is 0.251 e. The van der Waals surface area contributed by atoms with Crippen molar-refractivity contribution in [3.05, 3.63) is 40.0 Å². The van der Waals surface area contributed by atoms with Crippen molar-refractivity contribution in [3.63, 3.8) is 0 Å². The first-order valence-corrected chi connectivity index (χ1v) is 4.91. The largest absolute Gasteiger partial charge is 0.618 e. The van der Waals surface area contributed by atoms with Crippen LogP contribution in [0.1, 0.15) is 0 Å². The topological polar surface area (TPSA) is 75.2 Å². The quantitative estimate of drug-likeness (QED) is 0.420. The van der Waals surface area contributed by atoms with Gasteiger partial charge in [-0.05, 0) is 0 Å². The summed E-state index contributed by atoms with van der Waals surface area (Å²) in [6.45, 7) is -0.0939. The second kappa shape index (κ2) is 4.25. The lowest BCUT2D eigenvalue weighted by molar-refractivity contribution is -0.577. The predicted molar refractivity (Wildman–Crippen MR) is 59.8 cm³/mol. The standard InChI is InChI=1S/C11H10N2O4/c1-17-8-6-10-9(13(16)7-8)2-3-11(15)12(10)4-5-14/h2-3,5-7H,4H2,1H3. The number of carbonyl (C=O) groups is 1. The lowest BCUT2D eigenvalue weighted by Gasteiger charge is -2.08. The second-order valence-corrected chi connectivity index (χ2v) is 3.43. The number of aldehydes is 1. The van der Waals surface area contributed by atoms with Crippen LogP contribution in [-0.2, 0) is 11.3 Å². The Morgan fingerprint density at radius 3 is 2.94 bits per heavy atom. The summed E-state index contributed by atoms with van der Waals surface area (Å²) in [4.78, 5) is 22.1. The number of carbonyl (C=O) groups excluding carboxylic acids is 1. The molecule has 2 aromatic rings. The van der Waals surface area contributed by atoms with Gasteiger partial charge in [-0.25, -0.2) is 0 Å². The van der Waals surface area contributed by atoms with Gasteiger partial charge in [0.05, 0.1) is 13.7 Å². The minimum atomic E-state index is -0.335. The van der Waals surface area contributed by atoms with Gasteiger partial charge in [-0.15, -0.1) is 0 Å². The van der Waals surface area contributed by atoms with E-state index in [0.717, 1.165) is 0 Å². The first-order chi connectivity index (χ1) is 8.17. The van der Waals surface area contributed by atoms with Crippen molar-refractivity contribution in [2.45, 2.75) is 6.54 Å². The molecule has 0 aliphatic heterocycles. The molecule has 0 aliphatic carbocycles. The summed E-state index contributed by atoms with van der Waals surface area (Å²) in [6, 6.07) is 4.23. The molecule has 6 heteroatoms. The Labute approximate surface area is 96.3 Å². The van der Waals surface area contributed by atoms with E-state index in [1.54, 1.807) is 6.07 Å². The molecule has 0 saturated carbocycles. The van der Waals surface area contributed by atoms with Gasteiger partial charge in [0.25, 0.3) is 5.56 Å². The molecule has 0 atom stereocenters. The molecule has 0 N–H and O–H groups in total. The molecule has 0 radical (unpaired) electrons. The fourth-order valence-corrected chi connectivity index (χ4v) is 1.65. The fraction of sp³-hybridized carbons (Fsp3) is 0.182. The lowest BCUT2D eigenvalue weighted by Crippen LogP contribution is -2.30. The second-order valence-electron chi connectivity index (χ2n) is 3.43. The van der Waals surface area contributed by atoms with Crippen molar-refractivity contribution >= 4 is 17.3 Å². The first-order valence-electron chi connectivity index (χ1n) is 4.91. The zero-order chi connectivity index (χ0) is 12.4. The molecule has 88 valence electrons. The molecule has 0 bridgehead atoms. The number of hydrogen-bond donors (Lipinski definition) is 0. The maximum Gasteiger partial charge on any atom is 0.251 e. The number of nitrogens with zero attached hydrogens (tertiary/aromatic N) is 2. The molecule has 17 heavy (non-hydrogen) atoms. The summed E-state index contributed by atoms with van der Waals surface area (Å²) >= 11 is 0. The summed E-state index contributed by atoms with van der Waals surface area (Å²) in [5, 5.41) is 11.7. The van der Waals surface area contributed by atoms with E-state index in [2.05, 4.69) is 0 Å². The highest BCUT2D eigenvalue weighted by Crippen LogP contribution is 2.14.